The van der Waals surface area contributed by atoms with Gasteiger partial charge in [0.15, 0.2) is 5.82 Å². The molecule has 1 aromatic heterocycles. The Hall–Kier alpha value is -1.46. The minimum absolute atomic E-state index is 0.245. The van der Waals surface area contributed by atoms with Crippen LogP contribution in [0.1, 0.15) is 26.7 Å². The zero-order valence-electron chi connectivity index (χ0n) is 10.6. The van der Waals surface area contributed by atoms with E-state index in [1.54, 1.807) is 19.9 Å². The number of amides is 2. The molecule has 6 heteroatoms. The number of fused-ring (bicyclic) bond motifs is 1. The smallest absolute Gasteiger partial charge is 0.234 e. The average molecular weight is 297 g/mol. The monoisotopic (exact) mass is 296 g/mol. The second-order valence-corrected chi connectivity index (χ2v) is 5.16. The molecule has 0 N–H and O–H groups in total. The zero-order chi connectivity index (χ0) is 14.0. The molecule has 2 rings (SSSR count). The summed E-state index contributed by atoms with van der Waals surface area (Å²) in [6, 6.07) is 5.42. The number of rotatable bonds is 3. The number of carbonyl (C=O) groups excluding carboxylic acids is 2. The number of benzene rings is 1. The fraction of sp³-hybridized carbons (Fsp3) is 0.308. The van der Waals surface area contributed by atoms with Gasteiger partial charge in [-0.05, 0) is 23.7 Å². The van der Waals surface area contributed by atoms with Gasteiger partial charge in [0.2, 0.25) is 11.8 Å². The van der Waals surface area contributed by atoms with E-state index in [0.717, 1.165) is 9.60 Å². The summed E-state index contributed by atoms with van der Waals surface area (Å²) in [4.78, 5) is 25.1. The van der Waals surface area contributed by atoms with Crippen LogP contribution in [0.25, 0.3) is 10.1 Å². The lowest BCUT2D eigenvalue weighted by atomic mass is 10.2. The van der Waals surface area contributed by atoms with Crippen LogP contribution < -0.4 is 4.90 Å². The standard InChI is InChI=1S/C13H13ClN2O2S/c1-3-10(17)16(11(18)4-2)13-12-8(14)6-5-7-9(12)19-15-13/h5-7H,3-4H2,1-2H3. The molecule has 1 aromatic carbocycles. The summed E-state index contributed by atoms with van der Waals surface area (Å²) in [5, 5.41) is 1.16. The van der Waals surface area contributed by atoms with Gasteiger partial charge in [-0.3, -0.25) is 9.59 Å². The Morgan fingerprint density at radius 1 is 1.26 bits per heavy atom. The van der Waals surface area contributed by atoms with E-state index in [4.69, 9.17) is 11.6 Å². The van der Waals surface area contributed by atoms with Gasteiger partial charge in [-0.15, -0.1) is 0 Å². The first kappa shape index (κ1) is 14.0. The number of anilines is 1. The third-order valence-electron chi connectivity index (χ3n) is 2.74. The van der Waals surface area contributed by atoms with Crippen LogP contribution in [-0.4, -0.2) is 16.2 Å². The minimum atomic E-state index is -0.265. The molecule has 1 heterocycles. The zero-order valence-corrected chi connectivity index (χ0v) is 12.2. The molecule has 0 aliphatic rings. The Balaban J connectivity index is 2.63. The normalized spacial score (nSPS) is 10.7. The number of nitrogens with zero attached hydrogens (tertiary/aromatic N) is 2. The fourth-order valence-corrected chi connectivity index (χ4v) is 2.88. The molecule has 2 aromatic rings. The summed E-state index contributed by atoms with van der Waals surface area (Å²) in [6.45, 7) is 3.43. The average Bonchev–Trinajstić information content (AvgIpc) is 2.84. The maximum absolute atomic E-state index is 12.0. The van der Waals surface area contributed by atoms with Crippen molar-refractivity contribution in [1.29, 1.82) is 0 Å². The summed E-state index contributed by atoms with van der Waals surface area (Å²) in [5.41, 5.74) is 0. The molecule has 0 saturated carbocycles. The molecule has 19 heavy (non-hydrogen) atoms. The van der Waals surface area contributed by atoms with E-state index in [2.05, 4.69) is 4.37 Å². The van der Waals surface area contributed by atoms with Crippen LogP contribution in [0.4, 0.5) is 5.82 Å². The van der Waals surface area contributed by atoms with E-state index in [-0.39, 0.29) is 24.7 Å². The summed E-state index contributed by atoms with van der Waals surface area (Å²) >= 11 is 7.39. The largest absolute Gasteiger partial charge is 0.274 e. The summed E-state index contributed by atoms with van der Waals surface area (Å²) < 4.78 is 5.10. The van der Waals surface area contributed by atoms with Crippen LogP contribution >= 0.6 is 23.1 Å². The molecular weight excluding hydrogens is 284 g/mol. The van der Waals surface area contributed by atoms with Gasteiger partial charge in [-0.1, -0.05) is 31.5 Å². The second kappa shape index (κ2) is 5.67. The van der Waals surface area contributed by atoms with E-state index >= 15 is 0 Å². The highest BCUT2D eigenvalue weighted by molar-refractivity contribution is 7.14. The van der Waals surface area contributed by atoms with Gasteiger partial charge in [0.25, 0.3) is 0 Å². The van der Waals surface area contributed by atoms with Gasteiger partial charge >= 0.3 is 0 Å². The van der Waals surface area contributed by atoms with Gasteiger partial charge < -0.3 is 0 Å². The molecule has 0 unspecified atom stereocenters. The molecule has 2 amide bonds. The highest BCUT2D eigenvalue weighted by Gasteiger charge is 2.25. The number of halogens is 1. The van der Waals surface area contributed by atoms with Crippen LogP contribution in [0.3, 0.4) is 0 Å². The van der Waals surface area contributed by atoms with Gasteiger partial charge in [0, 0.05) is 12.8 Å². The number of imide groups is 1. The maximum Gasteiger partial charge on any atom is 0.234 e. The van der Waals surface area contributed by atoms with Gasteiger partial charge in [0.1, 0.15) is 0 Å². The fourth-order valence-electron chi connectivity index (χ4n) is 1.78. The molecule has 4 nitrogen and oxygen atoms in total. The predicted molar refractivity (Wildman–Crippen MR) is 77.7 cm³/mol. The Kier molecular flexibility index (Phi) is 4.17. The lowest BCUT2D eigenvalue weighted by Crippen LogP contribution is -2.36. The third kappa shape index (κ3) is 2.48. The lowest BCUT2D eigenvalue weighted by molar-refractivity contribution is -0.126. The number of hydrogen-bond donors (Lipinski definition) is 0. The molecule has 100 valence electrons. The van der Waals surface area contributed by atoms with Crippen molar-refractivity contribution in [2.45, 2.75) is 26.7 Å². The van der Waals surface area contributed by atoms with Crippen LogP contribution in [0.15, 0.2) is 18.2 Å². The SMILES string of the molecule is CCC(=O)N(C(=O)CC)c1nsc2cccc(Cl)c12. The van der Waals surface area contributed by atoms with Crippen LogP contribution in [-0.2, 0) is 9.59 Å². The molecule has 0 saturated heterocycles. The van der Waals surface area contributed by atoms with Crippen molar-refractivity contribution >= 4 is 50.9 Å². The van der Waals surface area contributed by atoms with E-state index in [1.807, 2.05) is 12.1 Å². The molecule has 0 aliphatic carbocycles. The Morgan fingerprint density at radius 3 is 2.47 bits per heavy atom. The van der Waals surface area contributed by atoms with Crippen LogP contribution in [0.5, 0.6) is 0 Å². The van der Waals surface area contributed by atoms with Crippen molar-refractivity contribution in [1.82, 2.24) is 4.37 Å². The van der Waals surface area contributed by atoms with Gasteiger partial charge in [0.05, 0.1) is 15.1 Å². The highest BCUT2D eigenvalue weighted by atomic mass is 35.5. The van der Waals surface area contributed by atoms with E-state index in [0.29, 0.717) is 16.2 Å². The van der Waals surface area contributed by atoms with Crippen LogP contribution in [0, 0.1) is 0 Å². The Bertz CT molecular complexity index is 623. The number of carbonyl (C=O) groups is 2. The minimum Gasteiger partial charge on any atom is -0.274 e. The quantitative estimate of drug-likeness (QED) is 0.869. The van der Waals surface area contributed by atoms with Crippen molar-refractivity contribution in [2.75, 3.05) is 4.90 Å². The maximum atomic E-state index is 12.0. The van der Waals surface area contributed by atoms with Crippen molar-refractivity contribution in [3.05, 3.63) is 23.2 Å². The Morgan fingerprint density at radius 2 is 1.89 bits per heavy atom. The van der Waals surface area contributed by atoms with E-state index in [9.17, 15) is 9.59 Å². The van der Waals surface area contributed by atoms with Gasteiger partial charge in [-0.25, -0.2) is 4.90 Å². The summed E-state index contributed by atoms with van der Waals surface area (Å²) in [5.74, 6) is -0.178. The van der Waals surface area contributed by atoms with E-state index in [1.165, 1.54) is 11.5 Å². The molecule has 0 bridgehead atoms. The van der Waals surface area contributed by atoms with Gasteiger partial charge in [-0.2, -0.15) is 4.37 Å². The first-order chi connectivity index (χ1) is 9.10. The Labute approximate surface area is 120 Å². The molecule has 0 aliphatic heterocycles. The topological polar surface area (TPSA) is 50.3 Å². The van der Waals surface area contributed by atoms with Crippen molar-refractivity contribution in [2.24, 2.45) is 0 Å². The number of aromatic nitrogens is 1. The van der Waals surface area contributed by atoms with E-state index < -0.39 is 0 Å². The summed E-state index contributed by atoms with van der Waals surface area (Å²) in [6.07, 6.45) is 0.491. The first-order valence-electron chi connectivity index (χ1n) is 5.99. The van der Waals surface area contributed by atoms with Crippen molar-refractivity contribution < 1.29 is 9.59 Å². The highest BCUT2D eigenvalue weighted by Crippen LogP contribution is 2.35. The first-order valence-corrected chi connectivity index (χ1v) is 7.15. The molecular formula is C13H13ClN2O2S. The molecule has 0 spiro atoms. The molecule has 0 radical (unpaired) electrons. The summed E-state index contributed by atoms with van der Waals surface area (Å²) in [7, 11) is 0. The number of hydrogen-bond acceptors (Lipinski definition) is 4. The second-order valence-electron chi connectivity index (χ2n) is 3.95. The molecule has 0 fully saturated rings. The van der Waals surface area contributed by atoms with Crippen LogP contribution in [0.2, 0.25) is 5.02 Å². The van der Waals surface area contributed by atoms with Crippen molar-refractivity contribution in [3.63, 3.8) is 0 Å². The predicted octanol–water partition coefficient (Wildman–Crippen LogP) is 3.63. The van der Waals surface area contributed by atoms with Crippen molar-refractivity contribution in [3.8, 4) is 0 Å². The third-order valence-corrected chi connectivity index (χ3v) is 3.86. The lowest BCUT2D eigenvalue weighted by Gasteiger charge is -2.17. The molecule has 0 atom stereocenters.